The minimum atomic E-state index is -0.749. The lowest BCUT2D eigenvalue weighted by Crippen LogP contribution is -2.46. The molecule has 0 spiro atoms. The van der Waals surface area contributed by atoms with Gasteiger partial charge < -0.3 is 19.3 Å². The number of fused-ring (bicyclic) bond motifs is 1. The molecule has 1 heterocycles. The third-order valence-corrected chi connectivity index (χ3v) is 4.93. The van der Waals surface area contributed by atoms with Crippen LogP contribution in [-0.4, -0.2) is 61.6 Å². The minimum Gasteiger partial charge on any atom is -0.485 e. The number of anilines is 1. The summed E-state index contributed by atoms with van der Waals surface area (Å²) in [6.07, 6.45) is -0.271. The van der Waals surface area contributed by atoms with Crippen molar-refractivity contribution in [2.75, 3.05) is 38.7 Å². The van der Waals surface area contributed by atoms with Crippen molar-refractivity contribution in [3.05, 3.63) is 63.7 Å². The summed E-state index contributed by atoms with van der Waals surface area (Å²) in [6.45, 7) is 3.72. The van der Waals surface area contributed by atoms with Gasteiger partial charge in [0.25, 0.3) is 11.6 Å². The van der Waals surface area contributed by atoms with Gasteiger partial charge >= 0.3 is 5.97 Å². The molecule has 2 aromatic rings. The molecule has 1 aliphatic rings. The van der Waals surface area contributed by atoms with Gasteiger partial charge in [-0.2, -0.15) is 0 Å². The number of amides is 1. The molecule has 0 saturated heterocycles. The van der Waals surface area contributed by atoms with Crippen LogP contribution in [0.15, 0.2) is 42.5 Å². The first-order valence-corrected chi connectivity index (χ1v) is 9.48. The predicted molar refractivity (Wildman–Crippen MR) is 110 cm³/mol. The molecule has 0 radical (unpaired) electrons. The van der Waals surface area contributed by atoms with E-state index in [-0.39, 0.29) is 29.5 Å². The van der Waals surface area contributed by atoms with Gasteiger partial charge in [0.05, 0.1) is 36.4 Å². The van der Waals surface area contributed by atoms with E-state index in [1.807, 2.05) is 31.2 Å². The maximum absolute atomic E-state index is 12.9. The fourth-order valence-electron chi connectivity index (χ4n) is 3.46. The van der Waals surface area contributed by atoms with Crippen LogP contribution in [0.4, 0.5) is 11.4 Å². The molecule has 0 bridgehead atoms. The average Bonchev–Trinajstić information content (AvgIpc) is 2.76. The van der Waals surface area contributed by atoms with Crippen LogP contribution >= 0.6 is 0 Å². The van der Waals surface area contributed by atoms with E-state index >= 15 is 0 Å². The number of likely N-dealkylation sites (N-methyl/N-ethyl adjacent to an activating group) is 2. The average molecular weight is 413 g/mol. The molecule has 2 aromatic carbocycles. The molecular weight excluding hydrogens is 390 g/mol. The molecule has 1 atom stereocenters. The lowest BCUT2D eigenvalue weighted by atomic mass is 10.1. The highest BCUT2D eigenvalue weighted by Gasteiger charge is 2.28. The van der Waals surface area contributed by atoms with Gasteiger partial charge in [0.1, 0.15) is 11.9 Å². The summed E-state index contributed by atoms with van der Waals surface area (Å²) in [7, 11) is 2.77. The number of esters is 1. The van der Waals surface area contributed by atoms with Crippen molar-refractivity contribution in [1.29, 1.82) is 0 Å². The number of ether oxygens (including phenoxy) is 2. The number of benzene rings is 2. The molecule has 1 amide bonds. The number of carbonyl (C=O) groups is 2. The first-order valence-electron chi connectivity index (χ1n) is 9.48. The fraction of sp³-hybridized carbons (Fsp3) is 0.333. The van der Waals surface area contributed by atoms with Gasteiger partial charge in [0.2, 0.25) is 0 Å². The molecule has 0 fully saturated rings. The number of nitro groups is 1. The molecule has 0 aromatic heterocycles. The Bertz CT molecular complexity index is 977. The van der Waals surface area contributed by atoms with E-state index in [0.717, 1.165) is 30.1 Å². The first kappa shape index (κ1) is 21.1. The Hall–Kier alpha value is -3.62. The number of para-hydroxylation sites is 2. The molecule has 30 heavy (non-hydrogen) atoms. The zero-order valence-corrected chi connectivity index (χ0v) is 17.0. The lowest BCUT2D eigenvalue weighted by molar-refractivity contribution is -0.384. The third kappa shape index (κ3) is 4.35. The number of hydrogen-bond donors (Lipinski definition) is 0. The van der Waals surface area contributed by atoms with E-state index in [9.17, 15) is 19.7 Å². The molecule has 0 saturated carbocycles. The Labute approximate surface area is 173 Å². The quantitative estimate of drug-likeness (QED) is 0.408. The summed E-state index contributed by atoms with van der Waals surface area (Å²) >= 11 is 0. The number of hydrogen-bond acceptors (Lipinski definition) is 7. The first-order chi connectivity index (χ1) is 14.3. The predicted octanol–water partition coefficient (Wildman–Crippen LogP) is 2.74. The SMILES string of the molecule is CCN1CC(CN(C)C(=O)c2cc(C(=O)OC)cc([N+](=O)[O-])c2)Oc2ccccc21. The van der Waals surface area contributed by atoms with Crippen molar-refractivity contribution in [2.24, 2.45) is 0 Å². The van der Waals surface area contributed by atoms with E-state index in [1.165, 1.54) is 18.1 Å². The summed E-state index contributed by atoms with van der Waals surface area (Å²) < 4.78 is 10.7. The number of nitrogens with zero attached hydrogens (tertiary/aromatic N) is 3. The smallest absolute Gasteiger partial charge is 0.338 e. The minimum absolute atomic E-state index is 0.0376. The second-order valence-electron chi connectivity index (χ2n) is 6.95. The Morgan fingerprint density at radius 1 is 1.27 bits per heavy atom. The van der Waals surface area contributed by atoms with Gasteiger partial charge in [-0.15, -0.1) is 0 Å². The number of non-ortho nitro benzene ring substituents is 1. The van der Waals surface area contributed by atoms with Crippen LogP contribution in [0.1, 0.15) is 27.6 Å². The van der Waals surface area contributed by atoms with Gasteiger partial charge in [-0.25, -0.2) is 4.79 Å². The number of nitro benzene ring substituents is 1. The Balaban J connectivity index is 1.80. The van der Waals surface area contributed by atoms with Crippen molar-refractivity contribution >= 4 is 23.3 Å². The van der Waals surface area contributed by atoms with Crippen LogP contribution in [0.5, 0.6) is 5.75 Å². The van der Waals surface area contributed by atoms with E-state index in [1.54, 1.807) is 7.05 Å². The Morgan fingerprint density at radius 2 is 1.97 bits per heavy atom. The van der Waals surface area contributed by atoms with Crippen LogP contribution in [0.2, 0.25) is 0 Å². The highest BCUT2D eigenvalue weighted by molar-refractivity contribution is 5.98. The summed E-state index contributed by atoms with van der Waals surface area (Å²) in [5, 5.41) is 11.2. The molecule has 1 aliphatic heterocycles. The zero-order valence-electron chi connectivity index (χ0n) is 17.0. The second-order valence-corrected chi connectivity index (χ2v) is 6.95. The maximum Gasteiger partial charge on any atom is 0.338 e. The van der Waals surface area contributed by atoms with Crippen molar-refractivity contribution < 1.29 is 24.0 Å². The normalized spacial score (nSPS) is 15.0. The van der Waals surface area contributed by atoms with E-state index < -0.39 is 16.8 Å². The molecular formula is C21H23N3O6. The molecule has 0 N–H and O–H groups in total. The van der Waals surface area contributed by atoms with Gasteiger partial charge in [0.15, 0.2) is 0 Å². The van der Waals surface area contributed by atoms with Gasteiger partial charge in [-0.3, -0.25) is 14.9 Å². The Kier molecular flexibility index (Phi) is 6.20. The third-order valence-electron chi connectivity index (χ3n) is 4.93. The van der Waals surface area contributed by atoms with Gasteiger partial charge in [0, 0.05) is 31.3 Å². The number of rotatable bonds is 6. The summed E-state index contributed by atoms with van der Waals surface area (Å²) in [5.74, 6) is -0.449. The maximum atomic E-state index is 12.9. The van der Waals surface area contributed by atoms with Crippen LogP contribution in [0, 0.1) is 10.1 Å². The lowest BCUT2D eigenvalue weighted by Gasteiger charge is -2.37. The van der Waals surface area contributed by atoms with Crippen molar-refractivity contribution in [3.63, 3.8) is 0 Å². The van der Waals surface area contributed by atoms with Crippen LogP contribution in [-0.2, 0) is 4.74 Å². The molecule has 158 valence electrons. The van der Waals surface area contributed by atoms with Crippen LogP contribution in [0.3, 0.4) is 0 Å². The van der Waals surface area contributed by atoms with E-state index in [4.69, 9.17) is 4.74 Å². The van der Waals surface area contributed by atoms with Gasteiger partial charge in [-0.05, 0) is 25.1 Å². The molecule has 3 rings (SSSR count). The summed E-state index contributed by atoms with van der Waals surface area (Å²) in [4.78, 5) is 38.9. The van der Waals surface area contributed by atoms with Crippen LogP contribution in [0.25, 0.3) is 0 Å². The highest BCUT2D eigenvalue weighted by atomic mass is 16.6. The Morgan fingerprint density at radius 3 is 2.63 bits per heavy atom. The van der Waals surface area contributed by atoms with Crippen molar-refractivity contribution in [3.8, 4) is 5.75 Å². The molecule has 0 aliphatic carbocycles. The molecule has 9 heteroatoms. The topological polar surface area (TPSA) is 102 Å². The highest BCUT2D eigenvalue weighted by Crippen LogP contribution is 2.33. The van der Waals surface area contributed by atoms with Gasteiger partial charge in [-0.1, -0.05) is 12.1 Å². The summed E-state index contributed by atoms with van der Waals surface area (Å²) in [5.41, 5.74) is 0.639. The number of methoxy groups -OCH3 is 1. The summed E-state index contributed by atoms with van der Waals surface area (Å²) in [6, 6.07) is 11.2. The van der Waals surface area contributed by atoms with E-state index in [0.29, 0.717) is 6.54 Å². The van der Waals surface area contributed by atoms with Crippen molar-refractivity contribution in [1.82, 2.24) is 4.90 Å². The largest absolute Gasteiger partial charge is 0.485 e. The second kappa shape index (κ2) is 8.81. The van der Waals surface area contributed by atoms with Crippen molar-refractivity contribution in [2.45, 2.75) is 13.0 Å². The molecule has 1 unspecified atom stereocenters. The fourth-order valence-corrected chi connectivity index (χ4v) is 3.46. The van der Waals surface area contributed by atoms with Crippen LogP contribution < -0.4 is 9.64 Å². The standard InChI is InChI=1S/C21H23N3O6/c1-4-23-13-17(30-19-8-6-5-7-18(19)23)12-22(2)20(25)14-9-15(21(26)29-3)11-16(10-14)24(27)28/h5-11,17H,4,12-13H2,1-3H3. The molecule has 9 nitrogen and oxygen atoms in total. The van der Waals surface area contributed by atoms with E-state index in [2.05, 4.69) is 9.64 Å². The zero-order chi connectivity index (χ0) is 21.8. The number of carbonyl (C=O) groups excluding carboxylic acids is 2. The monoisotopic (exact) mass is 413 g/mol.